The lowest BCUT2D eigenvalue weighted by Crippen LogP contribution is -2.26. The van der Waals surface area contributed by atoms with Crippen LogP contribution in [0.5, 0.6) is 11.5 Å². The van der Waals surface area contributed by atoms with Crippen LogP contribution in [0.25, 0.3) is 22.3 Å². The molecule has 0 bridgehead atoms. The number of hydrogen-bond donors (Lipinski definition) is 0. The van der Waals surface area contributed by atoms with Gasteiger partial charge < -0.3 is 18.6 Å². The second-order valence-corrected chi connectivity index (χ2v) is 16.3. The first-order chi connectivity index (χ1) is 16.3. The van der Waals surface area contributed by atoms with E-state index in [0.717, 1.165) is 6.04 Å². The fourth-order valence-electron chi connectivity index (χ4n) is 3.13. The van der Waals surface area contributed by atoms with Crippen molar-refractivity contribution in [1.82, 2.24) is 0 Å². The first kappa shape index (κ1) is 26.2. The molecule has 0 N–H and O–H groups in total. The van der Waals surface area contributed by atoms with E-state index >= 15 is 0 Å². The maximum absolute atomic E-state index is 13.1. The molecule has 1 aromatic heterocycles. The molecule has 8 heteroatoms. The minimum Gasteiger partial charge on any atom is -0.497 e. The molecule has 186 valence electrons. The van der Waals surface area contributed by atoms with E-state index in [1.807, 2.05) is 0 Å². The molecule has 0 aliphatic rings. The molecule has 0 fully saturated rings. The van der Waals surface area contributed by atoms with E-state index in [-0.39, 0.29) is 22.3 Å². The van der Waals surface area contributed by atoms with Crippen LogP contribution in [0.3, 0.4) is 0 Å². The van der Waals surface area contributed by atoms with Crippen LogP contribution in [0.15, 0.2) is 51.7 Å². The summed E-state index contributed by atoms with van der Waals surface area (Å²) in [6.45, 7) is 12.0. The Morgan fingerprint density at radius 2 is 1.66 bits per heavy atom. The molecule has 7 nitrogen and oxygen atoms in total. The summed E-state index contributed by atoms with van der Waals surface area (Å²) in [5.41, 5.74) is -0.295. The van der Waals surface area contributed by atoms with Crippen LogP contribution >= 0.6 is 0 Å². The molecule has 0 radical (unpaired) electrons. The number of ether oxygens (including phenoxy) is 3. The number of methoxy groups -OCH3 is 1. The molecule has 3 rings (SSSR count). The topological polar surface area (TPSA) is 92.0 Å². The van der Waals surface area contributed by atoms with Gasteiger partial charge >= 0.3 is 11.9 Å². The largest absolute Gasteiger partial charge is 0.497 e. The third kappa shape index (κ3) is 6.60. The Balaban J connectivity index is 2.10. The zero-order valence-corrected chi connectivity index (χ0v) is 22.3. The molecule has 35 heavy (non-hydrogen) atoms. The summed E-state index contributed by atoms with van der Waals surface area (Å²) in [5.74, 6) is -0.175. The molecule has 0 saturated heterocycles. The van der Waals surface area contributed by atoms with E-state index in [0.29, 0.717) is 23.7 Å². The van der Waals surface area contributed by atoms with Crippen molar-refractivity contribution in [3.63, 3.8) is 0 Å². The molecule has 0 aliphatic heterocycles. The van der Waals surface area contributed by atoms with Crippen molar-refractivity contribution in [1.29, 1.82) is 0 Å². The van der Waals surface area contributed by atoms with Crippen LogP contribution < -0.4 is 14.9 Å². The highest BCUT2D eigenvalue weighted by Gasteiger charge is 2.26. The van der Waals surface area contributed by atoms with E-state index in [1.54, 1.807) is 52.1 Å². The predicted octanol–water partition coefficient (Wildman–Crippen LogP) is 5.92. The number of carbonyl (C=O) groups excluding carboxylic acids is 2. The van der Waals surface area contributed by atoms with Crippen LogP contribution in [0.4, 0.5) is 0 Å². The standard InChI is InChI=1S/C27H32O7Si/c1-27(2,3)26(30)34-23-15-18(25(29)32-12-13-35(5,6)7)14-22-24(23)20(28)16-21(33-22)17-8-10-19(31-4)11-9-17/h8-11,14-16H,12-13H2,1-7H3. The highest BCUT2D eigenvalue weighted by atomic mass is 28.3. The SMILES string of the molecule is COc1ccc(-c2cc(=O)c3c(OC(=O)C(C)(C)C)cc(C(=O)OCC[Si](C)(C)C)cc3o2)cc1. The maximum atomic E-state index is 13.1. The van der Waals surface area contributed by atoms with Crippen LogP contribution in [0, 0.1) is 5.41 Å². The van der Waals surface area contributed by atoms with Gasteiger partial charge in [0, 0.05) is 19.7 Å². The molecule has 3 aromatic rings. The van der Waals surface area contributed by atoms with E-state index in [2.05, 4.69) is 19.6 Å². The highest BCUT2D eigenvalue weighted by Crippen LogP contribution is 2.31. The van der Waals surface area contributed by atoms with E-state index in [4.69, 9.17) is 18.6 Å². The van der Waals surface area contributed by atoms with E-state index in [9.17, 15) is 14.4 Å². The summed E-state index contributed by atoms with van der Waals surface area (Å²) in [7, 11) is 0.168. The molecule has 0 saturated carbocycles. The lowest BCUT2D eigenvalue weighted by molar-refractivity contribution is -0.142. The summed E-state index contributed by atoms with van der Waals surface area (Å²) in [6.07, 6.45) is 0. The number of rotatable bonds is 7. The first-order valence-electron chi connectivity index (χ1n) is 11.4. The fraction of sp³-hybridized carbons (Fsp3) is 0.370. The summed E-state index contributed by atoms with van der Waals surface area (Å²) in [5, 5.41) is 0.0820. The van der Waals surface area contributed by atoms with Gasteiger partial charge in [-0.25, -0.2) is 4.79 Å². The quantitative estimate of drug-likeness (QED) is 0.228. The van der Waals surface area contributed by atoms with Crippen molar-refractivity contribution in [2.45, 2.75) is 46.5 Å². The highest BCUT2D eigenvalue weighted by molar-refractivity contribution is 6.76. The van der Waals surface area contributed by atoms with Gasteiger partial charge in [0.15, 0.2) is 5.43 Å². The summed E-state index contributed by atoms with van der Waals surface area (Å²) >= 11 is 0. The third-order valence-corrected chi connectivity index (χ3v) is 7.01. The Morgan fingerprint density at radius 3 is 2.23 bits per heavy atom. The van der Waals surface area contributed by atoms with Gasteiger partial charge in [-0.05, 0) is 63.2 Å². The normalized spacial score (nSPS) is 11.9. The van der Waals surface area contributed by atoms with Crippen molar-refractivity contribution in [3.05, 3.63) is 58.3 Å². The van der Waals surface area contributed by atoms with Gasteiger partial charge in [-0.2, -0.15) is 0 Å². The second-order valence-electron chi connectivity index (χ2n) is 10.6. The molecule has 0 unspecified atom stereocenters. The van der Waals surface area contributed by atoms with Gasteiger partial charge in [0.2, 0.25) is 0 Å². The molecular formula is C27H32O7Si. The van der Waals surface area contributed by atoms with Gasteiger partial charge in [-0.3, -0.25) is 9.59 Å². The van der Waals surface area contributed by atoms with Crippen molar-refractivity contribution < 1.29 is 28.2 Å². The zero-order valence-electron chi connectivity index (χ0n) is 21.3. The Bertz CT molecular complexity index is 1290. The predicted molar refractivity (Wildman–Crippen MR) is 138 cm³/mol. The molecular weight excluding hydrogens is 464 g/mol. The third-order valence-electron chi connectivity index (χ3n) is 5.30. The summed E-state index contributed by atoms with van der Waals surface area (Å²) in [6, 6.07) is 12.0. The molecule has 0 atom stereocenters. The maximum Gasteiger partial charge on any atom is 0.338 e. The van der Waals surface area contributed by atoms with E-state index < -0.39 is 30.9 Å². The minimum atomic E-state index is -1.40. The van der Waals surface area contributed by atoms with E-state index in [1.165, 1.54) is 18.2 Å². The Labute approximate surface area is 206 Å². The van der Waals surface area contributed by atoms with Gasteiger partial charge in [0.25, 0.3) is 0 Å². The van der Waals surface area contributed by atoms with Gasteiger partial charge in [0.05, 0.1) is 24.7 Å². The van der Waals surface area contributed by atoms with Gasteiger partial charge in [0.1, 0.15) is 28.2 Å². The molecule has 0 aliphatic carbocycles. The number of esters is 2. The fourth-order valence-corrected chi connectivity index (χ4v) is 3.85. The average molecular weight is 497 g/mol. The number of hydrogen-bond acceptors (Lipinski definition) is 7. The van der Waals surface area contributed by atoms with Crippen molar-refractivity contribution in [2.24, 2.45) is 5.41 Å². The van der Waals surface area contributed by atoms with Crippen molar-refractivity contribution >= 4 is 31.0 Å². The molecule has 0 amide bonds. The number of benzene rings is 2. The Kier molecular flexibility index (Phi) is 7.55. The number of carbonyl (C=O) groups is 2. The number of fused-ring (bicyclic) bond motifs is 1. The van der Waals surface area contributed by atoms with Crippen LogP contribution in [0.1, 0.15) is 31.1 Å². The monoisotopic (exact) mass is 496 g/mol. The Morgan fingerprint density at radius 1 is 1.00 bits per heavy atom. The lowest BCUT2D eigenvalue weighted by Gasteiger charge is -2.18. The van der Waals surface area contributed by atoms with Gasteiger partial charge in [-0.15, -0.1) is 0 Å². The van der Waals surface area contributed by atoms with Crippen LogP contribution in [-0.2, 0) is 9.53 Å². The van der Waals surface area contributed by atoms with Crippen LogP contribution in [-0.4, -0.2) is 33.7 Å². The first-order valence-corrected chi connectivity index (χ1v) is 15.1. The second kappa shape index (κ2) is 10.1. The van der Waals surface area contributed by atoms with Crippen molar-refractivity contribution in [2.75, 3.05) is 13.7 Å². The summed E-state index contributed by atoms with van der Waals surface area (Å²) in [4.78, 5) is 38.6. The Hall–Kier alpha value is -3.39. The molecule has 0 spiro atoms. The smallest absolute Gasteiger partial charge is 0.338 e. The zero-order chi connectivity index (χ0) is 26.0. The summed E-state index contributed by atoms with van der Waals surface area (Å²) < 4.78 is 22.3. The molecule has 1 heterocycles. The average Bonchev–Trinajstić information content (AvgIpc) is 2.77. The molecule has 2 aromatic carbocycles. The van der Waals surface area contributed by atoms with Gasteiger partial charge in [-0.1, -0.05) is 19.6 Å². The minimum absolute atomic E-state index is 0.0328. The van der Waals surface area contributed by atoms with Crippen LogP contribution in [0.2, 0.25) is 25.7 Å². The lowest BCUT2D eigenvalue weighted by atomic mass is 9.97. The van der Waals surface area contributed by atoms with Crippen molar-refractivity contribution in [3.8, 4) is 22.8 Å².